The van der Waals surface area contributed by atoms with Gasteiger partial charge >= 0.3 is 0 Å². The van der Waals surface area contributed by atoms with Crippen LogP contribution < -0.4 is 5.32 Å². The van der Waals surface area contributed by atoms with Gasteiger partial charge in [-0.1, -0.05) is 42.1 Å². The lowest BCUT2D eigenvalue weighted by Gasteiger charge is -2.09. The van der Waals surface area contributed by atoms with Crippen LogP contribution in [-0.2, 0) is 4.79 Å². The van der Waals surface area contributed by atoms with Crippen LogP contribution in [0.15, 0.2) is 53.6 Å². The van der Waals surface area contributed by atoms with Gasteiger partial charge in [-0.25, -0.2) is 4.98 Å². The van der Waals surface area contributed by atoms with Crippen molar-refractivity contribution >= 4 is 34.3 Å². The second kappa shape index (κ2) is 7.37. The van der Waals surface area contributed by atoms with Crippen molar-refractivity contribution in [3.63, 3.8) is 0 Å². The number of benzene rings is 2. The number of fused-ring (bicyclic) bond motifs is 1. The number of nitriles is 1. The molecule has 5 heteroatoms. The highest BCUT2D eigenvalue weighted by atomic mass is 32.2. The minimum atomic E-state index is -0.116. The van der Waals surface area contributed by atoms with Crippen LogP contribution in [0.25, 0.3) is 10.9 Å². The number of nitrogens with one attached hydrogen (secondary N) is 1. The lowest BCUT2D eigenvalue weighted by molar-refractivity contribution is -0.113. The average molecular weight is 347 g/mol. The Bertz CT molecular complexity index is 992. The number of nitrogens with zero attached hydrogens (tertiary/aromatic N) is 2. The van der Waals surface area contributed by atoms with Crippen molar-refractivity contribution in [2.75, 3.05) is 11.1 Å². The molecule has 4 nitrogen and oxygen atoms in total. The van der Waals surface area contributed by atoms with Gasteiger partial charge < -0.3 is 5.32 Å². The van der Waals surface area contributed by atoms with Crippen LogP contribution in [0.3, 0.4) is 0 Å². The second-order valence-electron chi connectivity index (χ2n) is 5.80. The Morgan fingerprint density at radius 1 is 1.20 bits per heavy atom. The van der Waals surface area contributed by atoms with E-state index >= 15 is 0 Å². The van der Waals surface area contributed by atoms with E-state index in [4.69, 9.17) is 0 Å². The number of rotatable bonds is 4. The van der Waals surface area contributed by atoms with Gasteiger partial charge in [-0.2, -0.15) is 5.26 Å². The maximum Gasteiger partial charge on any atom is 0.234 e. The summed E-state index contributed by atoms with van der Waals surface area (Å²) in [5, 5.41) is 13.8. The molecule has 1 amide bonds. The fraction of sp³-hybridized carbons (Fsp3) is 0.150. The first-order chi connectivity index (χ1) is 12.1. The standard InChI is InChI=1S/C20H17N3OS/c1-13-7-8-15-10-16(11-21)20(23-18(15)9-13)25-12-19(24)22-17-6-4-3-5-14(17)2/h3-10H,12H2,1-2H3,(H,22,24). The van der Waals surface area contributed by atoms with Gasteiger partial charge in [0.1, 0.15) is 11.1 Å². The van der Waals surface area contributed by atoms with Crippen LogP contribution in [0.5, 0.6) is 0 Å². The topological polar surface area (TPSA) is 65.8 Å². The minimum Gasteiger partial charge on any atom is -0.325 e. The van der Waals surface area contributed by atoms with Crippen molar-refractivity contribution in [1.29, 1.82) is 5.26 Å². The van der Waals surface area contributed by atoms with E-state index in [-0.39, 0.29) is 11.7 Å². The third-order valence-electron chi connectivity index (χ3n) is 3.82. The van der Waals surface area contributed by atoms with E-state index in [2.05, 4.69) is 16.4 Å². The molecule has 124 valence electrons. The summed E-state index contributed by atoms with van der Waals surface area (Å²) < 4.78 is 0. The largest absolute Gasteiger partial charge is 0.325 e. The molecule has 3 aromatic rings. The molecule has 0 radical (unpaired) electrons. The number of hydrogen-bond acceptors (Lipinski definition) is 4. The van der Waals surface area contributed by atoms with E-state index in [0.29, 0.717) is 10.6 Å². The maximum atomic E-state index is 12.2. The van der Waals surface area contributed by atoms with Crippen molar-refractivity contribution in [2.45, 2.75) is 18.9 Å². The van der Waals surface area contributed by atoms with Crippen LogP contribution in [0.4, 0.5) is 5.69 Å². The molecule has 0 aliphatic carbocycles. The van der Waals surface area contributed by atoms with E-state index in [9.17, 15) is 10.1 Å². The Morgan fingerprint density at radius 2 is 2.00 bits per heavy atom. The van der Waals surface area contributed by atoms with Crippen LogP contribution in [0.2, 0.25) is 0 Å². The number of para-hydroxylation sites is 1. The first kappa shape index (κ1) is 17.0. The molecule has 25 heavy (non-hydrogen) atoms. The molecule has 0 spiro atoms. The number of carbonyl (C=O) groups excluding carboxylic acids is 1. The molecule has 2 aromatic carbocycles. The highest BCUT2D eigenvalue weighted by Gasteiger charge is 2.11. The molecule has 0 aliphatic heterocycles. The monoisotopic (exact) mass is 347 g/mol. The van der Waals surface area contributed by atoms with E-state index in [1.165, 1.54) is 11.8 Å². The van der Waals surface area contributed by atoms with Crippen LogP contribution in [0, 0.1) is 25.2 Å². The minimum absolute atomic E-state index is 0.116. The van der Waals surface area contributed by atoms with Crippen molar-refractivity contribution in [1.82, 2.24) is 4.98 Å². The molecule has 1 aromatic heterocycles. The number of thioether (sulfide) groups is 1. The molecule has 0 unspecified atom stereocenters. The normalized spacial score (nSPS) is 10.4. The van der Waals surface area contributed by atoms with E-state index in [1.54, 1.807) is 0 Å². The lowest BCUT2D eigenvalue weighted by atomic mass is 10.1. The van der Waals surface area contributed by atoms with Gasteiger partial charge in [-0.15, -0.1) is 0 Å². The van der Waals surface area contributed by atoms with Crippen molar-refractivity contribution in [2.24, 2.45) is 0 Å². The van der Waals surface area contributed by atoms with Gasteiger partial charge in [0.25, 0.3) is 0 Å². The molecule has 0 fully saturated rings. The van der Waals surface area contributed by atoms with Gasteiger partial charge in [-0.05, 0) is 43.2 Å². The van der Waals surface area contributed by atoms with Crippen molar-refractivity contribution in [3.8, 4) is 6.07 Å². The van der Waals surface area contributed by atoms with E-state index in [1.807, 2.05) is 62.4 Å². The zero-order valence-corrected chi connectivity index (χ0v) is 14.9. The predicted molar refractivity (Wildman–Crippen MR) is 102 cm³/mol. The van der Waals surface area contributed by atoms with E-state index < -0.39 is 0 Å². The Labute approximate surface area is 150 Å². The molecule has 3 rings (SSSR count). The van der Waals surface area contributed by atoms with Gasteiger partial charge in [-0.3, -0.25) is 4.79 Å². The van der Waals surface area contributed by atoms with Crippen molar-refractivity contribution in [3.05, 3.63) is 65.2 Å². The van der Waals surface area contributed by atoms with Gasteiger partial charge in [0.15, 0.2) is 0 Å². The predicted octanol–water partition coefficient (Wildman–Crippen LogP) is 4.45. The number of amides is 1. The Hall–Kier alpha value is -2.84. The van der Waals surface area contributed by atoms with Gasteiger partial charge in [0, 0.05) is 11.1 Å². The molecular formula is C20H17N3OS. The third kappa shape index (κ3) is 3.98. The molecule has 0 atom stereocenters. The summed E-state index contributed by atoms with van der Waals surface area (Å²) in [5.74, 6) is 0.0854. The maximum absolute atomic E-state index is 12.2. The summed E-state index contributed by atoms with van der Waals surface area (Å²) in [5.41, 5.74) is 4.25. The third-order valence-corrected chi connectivity index (χ3v) is 4.81. The van der Waals surface area contributed by atoms with Crippen molar-refractivity contribution < 1.29 is 4.79 Å². The molecule has 0 saturated carbocycles. The highest BCUT2D eigenvalue weighted by Crippen LogP contribution is 2.25. The zero-order valence-electron chi connectivity index (χ0n) is 14.0. The lowest BCUT2D eigenvalue weighted by Crippen LogP contribution is -2.15. The molecule has 0 bridgehead atoms. The summed E-state index contributed by atoms with van der Waals surface area (Å²) in [6.45, 7) is 3.95. The molecular weight excluding hydrogens is 330 g/mol. The number of anilines is 1. The SMILES string of the molecule is Cc1ccc2cc(C#N)c(SCC(=O)Nc3ccccc3C)nc2c1. The van der Waals surface area contributed by atoms with Crippen LogP contribution >= 0.6 is 11.8 Å². The number of hydrogen-bond donors (Lipinski definition) is 1. The van der Waals surface area contributed by atoms with E-state index in [0.717, 1.165) is 27.7 Å². The Balaban J connectivity index is 1.77. The number of aromatic nitrogens is 1. The number of carbonyl (C=O) groups is 1. The molecule has 0 saturated heterocycles. The average Bonchev–Trinajstić information content (AvgIpc) is 2.61. The van der Waals surface area contributed by atoms with Gasteiger partial charge in [0.2, 0.25) is 5.91 Å². The van der Waals surface area contributed by atoms with Crippen LogP contribution in [0.1, 0.15) is 16.7 Å². The number of pyridine rings is 1. The Kier molecular flexibility index (Phi) is 5.01. The first-order valence-corrected chi connectivity index (χ1v) is 8.85. The fourth-order valence-electron chi connectivity index (χ4n) is 2.48. The molecule has 0 aliphatic rings. The number of aryl methyl sites for hydroxylation is 2. The highest BCUT2D eigenvalue weighted by molar-refractivity contribution is 8.00. The summed E-state index contributed by atoms with van der Waals surface area (Å²) in [7, 11) is 0. The van der Waals surface area contributed by atoms with Gasteiger partial charge in [0.05, 0.1) is 16.8 Å². The summed E-state index contributed by atoms with van der Waals surface area (Å²) in [6.07, 6.45) is 0. The summed E-state index contributed by atoms with van der Waals surface area (Å²) >= 11 is 1.28. The first-order valence-electron chi connectivity index (χ1n) is 7.86. The molecule has 1 heterocycles. The summed E-state index contributed by atoms with van der Waals surface area (Å²) in [6, 6.07) is 17.6. The Morgan fingerprint density at radius 3 is 2.76 bits per heavy atom. The smallest absolute Gasteiger partial charge is 0.234 e. The quantitative estimate of drug-likeness (QED) is 0.708. The molecule has 1 N–H and O–H groups in total. The second-order valence-corrected chi connectivity index (χ2v) is 6.76. The zero-order chi connectivity index (χ0) is 17.8. The fourth-order valence-corrected chi connectivity index (χ4v) is 3.25. The van der Waals surface area contributed by atoms with Crippen LogP contribution in [-0.4, -0.2) is 16.6 Å². The summed E-state index contributed by atoms with van der Waals surface area (Å²) in [4.78, 5) is 16.8.